The summed E-state index contributed by atoms with van der Waals surface area (Å²) in [7, 11) is -1.83. The van der Waals surface area contributed by atoms with Crippen molar-refractivity contribution in [1.82, 2.24) is 5.01 Å². The molecule has 0 aliphatic carbocycles. The molecule has 0 spiro atoms. The molecular weight excluding hydrogens is 378 g/mol. The van der Waals surface area contributed by atoms with Crippen LogP contribution >= 0.6 is 0 Å². The van der Waals surface area contributed by atoms with E-state index in [9.17, 15) is 13.2 Å². The van der Waals surface area contributed by atoms with Gasteiger partial charge in [0.2, 0.25) is 15.9 Å². The van der Waals surface area contributed by atoms with E-state index in [1.807, 2.05) is 30.3 Å². The largest absolute Gasteiger partial charge is 0.497 e. The summed E-state index contributed by atoms with van der Waals surface area (Å²) in [5.41, 5.74) is 2.72. The average Bonchev–Trinajstić information content (AvgIpc) is 3.14. The Morgan fingerprint density at radius 3 is 2.50 bits per heavy atom. The summed E-state index contributed by atoms with van der Waals surface area (Å²) in [4.78, 5) is 12.2. The number of amides is 1. The van der Waals surface area contributed by atoms with E-state index >= 15 is 0 Å². The number of hydrogen-bond acceptors (Lipinski definition) is 5. The highest BCUT2D eigenvalue weighted by Crippen LogP contribution is 2.35. The first-order valence-electron chi connectivity index (χ1n) is 8.95. The van der Waals surface area contributed by atoms with Crippen LogP contribution in [0.25, 0.3) is 0 Å². The molecule has 1 aliphatic heterocycles. The summed E-state index contributed by atoms with van der Waals surface area (Å²) in [5.74, 6) is 0.529. The van der Waals surface area contributed by atoms with Crippen molar-refractivity contribution in [2.24, 2.45) is 5.10 Å². The molecule has 0 aromatic heterocycles. The Kier molecular flexibility index (Phi) is 5.69. The van der Waals surface area contributed by atoms with Gasteiger partial charge in [0, 0.05) is 18.9 Å². The van der Waals surface area contributed by atoms with E-state index in [1.165, 1.54) is 11.9 Å². The fourth-order valence-electron chi connectivity index (χ4n) is 3.11. The van der Waals surface area contributed by atoms with Crippen LogP contribution in [0.2, 0.25) is 0 Å². The Bertz CT molecular complexity index is 1000. The number of ether oxygens (including phenoxy) is 1. The third-order valence-electron chi connectivity index (χ3n) is 4.62. The lowest BCUT2D eigenvalue weighted by Gasteiger charge is -2.20. The molecule has 148 valence electrons. The van der Waals surface area contributed by atoms with Crippen LogP contribution in [0.4, 0.5) is 5.69 Å². The van der Waals surface area contributed by atoms with Gasteiger partial charge in [-0.2, -0.15) is 5.10 Å². The van der Waals surface area contributed by atoms with Gasteiger partial charge in [-0.15, -0.1) is 0 Å². The lowest BCUT2D eigenvalue weighted by atomic mass is 9.97. The number of carbonyl (C=O) groups is 1. The first-order valence-corrected chi connectivity index (χ1v) is 10.6. The molecule has 0 fully saturated rings. The predicted octanol–water partition coefficient (Wildman–Crippen LogP) is 3.15. The SMILES string of the molecule is CCS(=O)(=O)Nc1ccccc1C1=NN(C(C)=O)C(c2ccc(OC)cc2)C1. The van der Waals surface area contributed by atoms with Gasteiger partial charge in [0.05, 0.1) is 30.3 Å². The van der Waals surface area contributed by atoms with Crippen LogP contribution < -0.4 is 9.46 Å². The summed E-state index contributed by atoms with van der Waals surface area (Å²) in [6.07, 6.45) is 0.483. The Balaban J connectivity index is 1.95. The first-order chi connectivity index (χ1) is 13.3. The third kappa shape index (κ3) is 4.17. The van der Waals surface area contributed by atoms with E-state index in [-0.39, 0.29) is 17.7 Å². The van der Waals surface area contributed by atoms with Gasteiger partial charge in [-0.25, -0.2) is 13.4 Å². The minimum absolute atomic E-state index is 0.0259. The quantitative estimate of drug-likeness (QED) is 0.805. The van der Waals surface area contributed by atoms with Gasteiger partial charge in [0.1, 0.15) is 5.75 Å². The van der Waals surface area contributed by atoms with Crippen LogP contribution in [-0.4, -0.2) is 37.9 Å². The normalized spacial score (nSPS) is 16.6. The molecule has 0 radical (unpaired) electrons. The Hall–Kier alpha value is -2.87. The van der Waals surface area contributed by atoms with Gasteiger partial charge < -0.3 is 4.74 Å². The highest BCUT2D eigenvalue weighted by Gasteiger charge is 2.32. The van der Waals surface area contributed by atoms with Crippen molar-refractivity contribution in [2.75, 3.05) is 17.6 Å². The number of hydrazone groups is 1. The van der Waals surface area contributed by atoms with Gasteiger partial charge >= 0.3 is 0 Å². The van der Waals surface area contributed by atoms with E-state index < -0.39 is 10.0 Å². The second-order valence-corrected chi connectivity index (χ2v) is 8.47. The van der Waals surface area contributed by atoms with Gasteiger partial charge in [0.25, 0.3) is 0 Å². The number of methoxy groups -OCH3 is 1. The smallest absolute Gasteiger partial charge is 0.240 e. The molecular formula is C20H23N3O4S. The van der Waals surface area contributed by atoms with Crippen molar-refractivity contribution in [3.05, 3.63) is 59.7 Å². The molecule has 1 amide bonds. The number of nitrogens with one attached hydrogen (secondary N) is 1. The standard InChI is InChI=1S/C20H23N3O4S/c1-4-28(25,26)22-18-8-6-5-7-17(18)19-13-20(23(21-19)14(2)24)15-9-11-16(27-3)12-10-15/h5-12,20,22H,4,13H2,1-3H3. The van der Waals surface area contributed by atoms with E-state index in [0.29, 0.717) is 23.4 Å². The molecule has 1 unspecified atom stereocenters. The van der Waals surface area contributed by atoms with Crippen LogP contribution in [0.3, 0.4) is 0 Å². The van der Waals surface area contributed by atoms with Crippen molar-refractivity contribution in [1.29, 1.82) is 0 Å². The minimum atomic E-state index is -3.43. The van der Waals surface area contributed by atoms with Crippen LogP contribution in [0.5, 0.6) is 5.75 Å². The zero-order chi connectivity index (χ0) is 20.3. The zero-order valence-corrected chi connectivity index (χ0v) is 16.9. The lowest BCUT2D eigenvalue weighted by molar-refractivity contribution is -0.130. The van der Waals surface area contributed by atoms with Gasteiger partial charge in [-0.05, 0) is 30.7 Å². The summed E-state index contributed by atoms with van der Waals surface area (Å²) in [5, 5.41) is 5.96. The molecule has 0 bridgehead atoms. The van der Waals surface area contributed by atoms with Crippen molar-refractivity contribution < 1.29 is 17.9 Å². The summed E-state index contributed by atoms with van der Waals surface area (Å²) < 4.78 is 31.8. The minimum Gasteiger partial charge on any atom is -0.497 e. The van der Waals surface area contributed by atoms with Gasteiger partial charge in [0.15, 0.2) is 0 Å². The number of carbonyl (C=O) groups excluding carboxylic acids is 1. The second kappa shape index (κ2) is 8.02. The number of sulfonamides is 1. The lowest BCUT2D eigenvalue weighted by Crippen LogP contribution is -2.24. The van der Waals surface area contributed by atoms with Gasteiger partial charge in [-0.3, -0.25) is 9.52 Å². The number of rotatable bonds is 6. The summed E-state index contributed by atoms with van der Waals surface area (Å²) >= 11 is 0. The average molecular weight is 401 g/mol. The van der Waals surface area contributed by atoms with Crippen molar-refractivity contribution >= 4 is 27.3 Å². The maximum Gasteiger partial charge on any atom is 0.240 e. The predicted molar refractivity (Wildman–Crippen MR) is 109 cm³/mol. The third-order valence-corrected chi connectivity index (χ3v) is 5.91. The first kappa shape index (κ1) is 19.9. The summed E-state index contributed by atoms with van der Waals surface area (Å²) in [6, 6.07) is 14.3. The molecule has 2 aromatic carbocycles. The summed E-state index contributed by atoms with van der Waals surface area (Å²) in [6.45, 7) is 3.05. The fraction of sp³-hybridized carbons (Fsp3) is 0.300. The molecule has 0 saturated heterocycles. The molecule has 2 aromatic rings. The second-order valence-electron chi connectivity index (χ2n) is 6.45. The molecule has 1 heterocycles. The maximum absolute atomic E-state index is 12.2. The molecule has 28 heavy (non-hydrogen) atoms. The van der Waals surface area contributed by atoms with Gasteiger partial charge in [-0.1, -0.05) is 30.3 Å². The number of hydrogen-bond donors (Lipinski definition) is 1. The van der Waals surface area contributed by atoms with Crippen LogP contribution in [0.15, 0.2) is 53.6 Å². The van der Waals surface area contributed by atoms with E-state index in [0.717, 1.165) is 11.3 Å². The van der Waals surface area contributed by atoms with E-state index in [1.54, 1.807) is 32.2 Å². The van der Waals surface area contributed by atoms with E-state index in [4.69, 9.17) is 4.74 Å². The molecule has 1 N–H and O–H groups in total. The fourth-order valence-corrected chi connectivity index (χ4v) is 3.77. The molecule has 3 rings (SSSR count). The topological polar surface area (TPSA) is 88.1 Å². The molecule has 1 aliphatic rings. The van der Waals surface area contributed by atoms with E-state index in [2.05, 4.69) is 9.82 Å². The molecule has 8 heteroatoms. The van der Waals surface area contributed by atoms with Crippen LogP contribution in [0, 0.1) is 0 Å². The Labute approximate surface area is 165 Å². The number of anilines is 1. The number of nitrogens with zero attached hydrogens (tertiary/aromatic N) is 2. The molecule has 0 saturated carbocycles. The highest BCUT2D eigenvalue weighted by atomic mass is 32.2. The van der Waals surface area contributed by atoms with Crippen LogP contribution in [-0.2, 0) is 14.8 Å². The Morgan fingerprint density at radius 1 is 1.21 bits per heavy atom. The zero-order valence-electron chi connectivity index (χ0n) is 16.0. The molecule has 1 atom stereocenters. The van der Waals surface area contributed by atoms with Crippen molar-refractivity contribution in [2.45, 2.75) is 26.3 Å². The van der Waals surface area contributed by atoms with Crippen LogP contribution in [0.1, 0.15) is 37.4 Å². The molecule has 7 nitrogen and oxygen atoms in total. The Morgan fingerprint density at radius 2 is 1.89 bits per heavy atom. The number of para-hydroxylation sites is 1. The number of benzene rings is 2. The highest BCUT2D eigenvalue weighted by molar-refractivity contribution is 7.92. The maximum atomic E-state index is 12.2. The monoisotopic (exact) mass is 401 g/mol. The van der Waals surface area contributed by atoms with Crippen molar-refractivity contribution in [3.63, 3.8) is 0 Å². The van der Waals surface area contributed by atoms with Crippen molar-refractivity contribution in [3.8, 4) is 5.75 Å².